The summed E-state index contributed by atoms with van der Waals surface area (Å²) in [4.78, 5) is 12.4. The number of hydrogen-bond acceptors (Lipinski definition) is 3. The first kappa shape index (κ1) is 13.9. The minimum Gasteiger partial charge on any atom is -0.493 e. The number of amides is 1. The van der Waals surface area contributed by atoms with Gasteiger partial charge in [0.1, 0.15) is 5.75 Å². The molecule has 104 valence electrons. The predicted molar refractivity (Wildman–Crippen MR) is 73.2 cm³/mol. The maximum absolute atomic E-state index is 12.4. The average Bonchev–Trinajstić information content (AvgIpc) is 2.37. The summed E-state index contributed by atoms with van der Waals surface area (Å²) in [7, 11) is 0. The van der Waals surface area contributed by atoms with Crippen molar-refractivity contribution in [2.24, 2.45) is 0 Å². The van der Waals surface area contributed by atoms with E-state index >= 15 is 0 Å². The maximum Gasteiger partial charge on any atom is 0.228 e. The van der Waals surface area contributed by atoms with E-state index in [1.54, 1.807) is 6.92 Å². The van der Waals surface area contributed by atoms with E-state index in [0.717, 1.165) is 11.3 Å². The Kier molecular flexibility index (Phi) is 3.80. The van der Waals surface area contributed by atoms with Crippen LogP contribution in [-0.4, -0.2) is 29.3 Å². The third-order valence-electron chi connectivity index (χ3n) is 3.76. The Morgan fingerprint density at radius 1 is 1.47 bits per heavy atom. The zero-order valence-electron chi connectivity index (χ0n) is 11.6. The molecule has 2 rings (SSSR count). The van der Waals surface area contributed by atoms with Crippen LogP contribution in [-0.2, 0) is 4.79 Å². The molecule has 0 saturated carbocycles. The normalized spacial score (nSPS) is 20.1. The predicted octanol–water partition coefficient (Wildman–Crippen LogP) is 1.83. The van der Waals surface area contributed by atoms with Crippen molar-refractivity contribution in [3.05, 3.63) is 29.8 Å². The molecule has 2 atom stereocenters. The zero-order valence-corrected chi connectivity index (χ0v) is 11.6. The van der Waals surface area contributed by atoms with Crippen molar-refractivity contribution in [1.82, 2.24) is 5.32 Å². The molecule has 1 aromatic carbocycles. The molecule has 0 bridgehead atoms. The van der Waals surface area contributed by atoms with Crippen molar-refractivity contribution in [2.75, 3.05) is 6.61 Å². The standard InChI is InChI=1S/C15H21NO3/c1-10(17)15(2,3)16-14(18)12-8-9-19-13-7-5-4-6-11(12)13/h4-7,10,12,17H,8-9H2,1-3H3,(H,16,18). The first-order valence-corrected chi connectivity index (χ1v) is 6.63. The summed E-state index contributed by atoms with van der Waals surface area (Å²) in [5, 5.41) is 12.6. The van der Waals surface area contributed by atoms with Gasteiger partial charge in [0, 0.05) is 5.56 Å². The van der Waals surface area contributed by atoms with E-state index in [4.69, 9.17) is 4.74 Å². The number of rotatable bonds is 3. The van der Waals surface area contributed by atoms with Gasteiger partial charge in [0.05, 0.1) is 24.2 Å². The van der Waals surface area contributed by atoms with Crippen LogP contribution in [0.3, 0.4) is 0 Å². The van der Waals surface area contributed by atoms with Crippen LogP contribution < -0.4 is 10.1 Å². The number of carbonyl (C=O) groups is 1. The minimum absolute atomic E-state index is 0.0540. The SMILES string of the molecule is CC(O)C(C)(C)NC(=O)C1CCOc2ccccc21. The van der Waals surface area contributed by atoms with Crippen LogP contribution in [0.4, 0.5) is 0 Å². The molecule has 4 nitrogen and oxygen atoms in total. The molecule has 0 saturated heterocycles. The molecular formula is C15H21NO3. The summed E-state index contributed by atoms with van der Waals surface area (Å²) in [5.41, 5.74) is 0.289. The lowest BCUT2D eigenvalue weighted by Crippen LogP contribution is -2.52. The van der Waals surface area contributed by atoms with Crippen LogP contribution in [0.2, 0.25) is 0 Å². The van der Waals surface area contributed by atoms with Gasteiger partial charge in [0.25, 0.3) is 0 Å². The number of carbonyl (C=O) groups excluding carboxylic acids is 1. The third-order valence-corrected chi connectivity index (χ3v) is 3.76. The summed E-state index contributed by atoms with van der Waals surface area (Å²) in [6.45, 7) is 5.87. The lowest BCUT2D eigenvalue weighted by atomic mass is 9.90. The second kappa shape index (κ2) is 5.21. The number of fused-ring (bicyclic) bond motifs is 1. The molecule has 1 heterocycles. The monoisotopic (exact) mass is 263 g/mol. The second-order valence-electron chi connectivity index (χ2n) is 5.61. The molecule has 19 heavy (non-hydrogen) atoms. The van der Waals surface area contributed by atoms with E-state index in [0.29, 0.717) is 13.0 Å². The van der Waals surface area contributed by atoms with Crippen LogP contribution >= 0.6 is 0 Å². The lowest BCUT2D eigenvalue weighted by Gasteiger charge is -2.33. The molecule has 1 aliphatic heterocycles. The van der Waals surface area contributed by atoms with Gasteiger partial charge < -0.3 is 15.2 Å². The van der Waals surface area contributed by atoms with Gasteiger partial charge in [-0.15, -0.1) is 0 Å². The molecular weight excluding hydrogens is 242 g/mol. The quantitative estimate of drug-likeness (QED) is 0.874. The maximum atomic E-state index is 12.4. The Balaban J connectivity index is 2.18. The number of benzene rings is 1. The van der Waals surface area contributed by atoms with Gasteiger partial charge in [0.2, 0.25) is 5.91 Å². The molecule has 0 spiro atoms. The summed E-state index contributed by atoms with van der Waals surface area (Å²) in [6.07, 6.45) is 0.0604. The Labute approximate surface area is 113 Å². The number of ether oxygens (including phenoxy) is 1. The molecule has 1 aliphatic rings. The highest BCUT2D eigenvalue weighted by molar-refractivity contribution is 5.85. The largest absolute Gasteiger partial charge is 0.493 e. The van der Waals surface area contributed by atoms with E-state index in [9.17, 15) is 9.90 Å². The molecule has 1 aromatic rings. The van der Waals surface area contributed by atoms with Crippen LogP contribution in [0.1, 0.15) is 38.7 Å². The molecule has 1 amide bonds. The minimum atomic E-state index is -0.635. The number of para-hydroxylation sites is 1. The topological polar surface area (TPSA) is 58.6 Å². The second-order valence-corrected chi connectivity index (χ2v) is 5.61. The van der Waals surface area contributed by atoms with Gasteiger partial charge in [-0.1, -0.05) is 18.2 Å². The lowest BCUT2D eigenvalue weighted by molar-refractivity contribution is -0.126. The summed E-state index contributed by atoms with van der Waals surface area (Å²) >= 11 is 0. The highest BCUT2D eigenvalue weighted by Gasteiger charge is 2.32. The van der Waals surface area contributed by atoms with Gasteiger partial charge >= 0.3 is 0 Å². The molecule has 2 N–H and O–H groups in total. The van der Waals surface area contributed by atoms with Crippen LogP contribution in [0.15, 0.2) is 24.3 Å². The van der Waals surface area contributed by atoms with Gasteiger partial charge in [-0.25, -0.2) is 0 Å². The van der Waals surface area contributed by atoms with E-state index in [-0.39, 0.29) is 11.8 Å². The molecule has 4 heteroatoms. The van der Waals surface area contributed by atoms with Crippen molar-refractivity contribution in [1.29, 1.82) is 0 Å². The average molecular weight is 263 g/mol. The van der Waals surface area contributed by atoms with Gasteiger partial charge in [0.15, 0.2) is 0 Å². The van der Waals surface area contributed by atoms with E-state index in [2.05, 4.69) is 5.32 Å². The molecule has 2 unspecified atom stereocenters. The Bertz CT molecular complexity index is 468. The van der Waals surface area contributed by atoms with Crippen LogP contribution in [0.5, 0.6) is 5.75 Å². The molecule has 0 radical (unpaired) electrons. The zero-order chi connectivity index (χ0) is 14.0. The van der Waals surface area contributed by atoms with E-state index in [1.165, 1.54) is 0 Å². The number of aliphatic hydroxyl groups is 1. The van der Waals surface area contributed by atoms with Crippen molar-refractivity contribution >= 4 is 5.91 Å². The highest BCUT2D eigenvalue weighted by Crippen LogP contribution is 2.33. The fraction of sp³-hybridized carbons (Fsp3) is 0.533. The van der Waals surface area contributed by atoms with Crippen LogP contribution in [0, 0.1) is 0 Å². The van der Waals surface area contributed by atoms with Crippen molar-refractivity contribution in [2.45, 2.75) is 44.8 Å². The summed E-state index contributed by atoms with van der Waals surface area (Å²) < 4.78 is 5.55. The van der Waals surface area contributed by atoms with Crippen molar-refractivity contribution < 1.29 is 14.6 Å². The molecule has 0 aromatic heterocycles. The third kappa shape index (κ3) is 2.89. The Morgan fingerprint density at radius 3 is 2.84 bits per heavy atom. The molecule has 0 aliphatic carbocycles. The first-order chi connectivity index (χ1) is 8.92. The number of aliphatic hydroxyl groups excluding tert-OH is 1. The highest BCUT2D eigenvalue weighted by atomic mass is 16.5. The van der Waals surface area contributed by atoms with E-state index < -0.39 is 11.6 Å². The smallest absolute Gasteiger partial charge is 0.228 e. The Hall–Kier alpha value is -1.55. The van der Waals surface area contributed by atoms with E-state index in [1.807, 2.05) is 38.1 Å². The summed E-state index contributed by atoms with van der Waals surface area (Å²) in [6, 6.07) is 7.62. The van der Waals surface area contributed by atoms with Crippen molar-refractivity contribution in [3.8, 4) is 5.75 Å². The van der Waals surface area contributed by atoms with Crippen LogP contribution in [0.25, 0.3) is 0 Å². The van der Waals surface area contributed by atoms with Crippen molar-refractivity contribution in [3.63, 3.8) is 0 Å². The fourth-order valence-electron chi connectivity index (χ4n) is 2.12. The number of hydrogen-bond donors (Lipinski definition) is 2. The summed E-state index contributed by atoms with van der Waals surface area (Å²) in [5.74, 6) is 0.522. The van der Waals surface area contributed by atoms with Gasteiger partial charge in [-0.05, 0) is 33.3 Å². The van der Waals surface area contributed by atoms with Gasteiger partial charge in [-0.2, -0.15) is 0 Å². The Morgan fingerprint density at radius 2 is 2.16 bits per heavy atom. The van der Waals surface area contributed by atoms with Gasteiger partial charge in [-0.3, -0.25) is 4.79 Å². The first-order valence-electron chi connectivity index (χ1n) is 6.63. The number of nitrogens with one attached hydrogen (secondary N) is 1. The fourth-order valence-corrected chi connectivity index (χ4v) is 2.12. The molecule has 0 fully saturated rings.